The molecular formula is C18H16BrNO5. The summed E-state index contributed by atoms with van der Waals surface area (Å²) in [5.41, 5.74) is 1.28. The van der Waals surface area contributed by atoms with Gasteiger partial charge in [0.1, 0.15) is 5.75 Å². The van der Waals surface area contributed by atoms with Gasteiger partial charge < -0.3 is 14.8 Å². The third-order valence-electron chi connectivity index (χ3n) is 3.25. The number of amides is 1. The number of esters is 1. The van der Waals surface area contributed by atoms with Gasteiger partial charge in [0.25, 0.3) is 0 Å². The van der Waals surface area contributed by atoms with Crippen LogP contribution in [0.3, 0.4) is 0 Å². The molecule has 0 saturated carbocycles. The van der Waals surface area contributed by atoms with E-state index in [9.17, 15) is 14.4 Å². The normalized spacial score (nSPS) is 10.0. The molecule has 0 spiro atoms. The molecule has 0 unspecified atom stereocenters. The molecule has 0 fully saturated rings. The molecule has 0 atom stereocenters. The lowest BCUT2D eigenvalue weighted by atomic mass is 10.1. The maximum absolute atomic E-state index is 12.1. The number of anilines is 1. The Bertz CT molecular complexity index is 802. The van der Waals surface area contributed by atoms with Crippen molar-refractivity contribution >= 4 is 39.3 Å². The van der Waals surface area contributed by atoms with E-state index in [1.54, 1.807) is 42.5 Å². The molecule has 2 aromatic rings. The lowest BCUT2D eigenvalue weighted by Crippen LogP contribution is -2.14. The summed E-state index contributed by atoms with van der Waals surface area (Å²) in [6.07, 6.45) is 0. The molecule has 1 N–H and O–H groups in total. The molecule has 0 aromatic heterocycles. The van der Waals surface area contributed by atoms with Crippen molar-refractivity contribution in [1.29, 1.82) is 0 Å². The minimum atomic E-state index is -0.605. The fraction of sp³-hybridized carbons (Fsp3) is 0.167. The number of carbonyl (C=O) groups excluding carboxylic acids is 3. The van der Waals surface area contributed by atoms with Crippen LogP contribution in [0.1, 0.15) is 27.6 Å². The van der Waals surface area contributed by atoms with E-state index < -0.39 is 5.97 Å². The average molecular weight is 406 g/mol. The number of hydrogen-bond acceptors (Lipinski definition) is 5. The number of methoxy groups -OCH3 is 1. The van der Waals surface area contributed by atoms with Crippen LogP contribution in [0, 0.1) is 0 Å². The first kappa shape index (κ1) is 18.7. The van der Waals surface area contributed by atoms with Crippen molar-refractivity contribution in [3.05, 3.63) is 58.1 Å². The summed E-state index contributed by atoms with van der Waals surface area (Å²) >= 11 is 3.29. The minimum Gasteiger partial charge on any atom is -0.496 e. The van der Waals surface area contributed by atoms with E-state index in [4.69, 9.17) is 9.47 Å². The van der Waals surface area contributed by atoms with Gasteiger partial charge in [-0.1, -0.05) is 0 Å². The molecule has 7 heteroatoms. The summed E-state index contributed by atoms with van der Waals surface area (Å²) in [4.78, 5) is 35.1. The summed E-state index contributed by atoms with van der Waals surface area (Å²) in [5, 5.41) is 2.61. The van der Waals surface area contributed by atoms with Crippen LogP contribution in [0.25, 0.3) is 0 Å². The number of halogens is 1. The largest absolute Gasteiger partial charge is 0.496 e. The smallest absolute Gasteiger partial charge is 0.338 e. The summed E-state index contributed by atoms with van der Waals surface area (Å²) in [6.45, 7) is 1.03. The van der Waals surface area contributed by atoms with Crippen molar-refractivity contribution in [1.82, 2.24) is 0 Å². The summed E-state index contributed by atoms with van der Waals surface area (Å²) < 4.78 is 10.8. The quantitative estimate of drug-likeness (QED) is 0.587. The Labute approximate surface area is 153 Å². The molecule has 0 saturated heterocycles. The summed E-state index contributed by atoms with van der Waals surface area (Å²) in [7, 11) is 1.52. The van der Waals surface area contributed by atoms with Gasteiger partial charge in [0.15, 0.2) is 12.4 Å². The number of Topliss-reactive ketones (excluding diaryl/α,β-unsaturated/α-hetero) is 1. The van der Waals surface area contributed by atoms with Crippen LogP contribution in [0.4, 0.5) is 5.69 Å². The van der Waals surface area contributed by atoms with Crippen molar-refractivity contribution in [2.45, 2.75) is 6.92 Å². The highest BCUT2D eigenvalue weighted by Gasteiger charge is 2.13. The molecule has 0 radical (unpaired) electrons. The molecule has 1 amide bonds. The minimum absolute atomic E-state index is 0.196. The number of rotatable bonds is 6. The number of hydrogen-bond donors (Lipinski definition) is 1. The summed E-state index contributed by atoms with van der Waals surface area (Å²) in [6, 6.07) is 11.1. The van der Waals surface area contributed by atoms with Crippen molar-refractivity contribution in [3.63, 3.8) is 0 Å². The standard InChI is InChI=1S/C18H16BrNO5/c1-11(21)20-14-6-3-12(4-7-14)16(22)10-25-18(23)13-5-8-17(24-2)15(19)9-13/h3-9H,10H2,1-2H3,(H,20,21). The molecule has 0 heterocycles. The van der Waals surface area contributed by atoms with Gasteiger partial charge >= 0.3 is 5.97 Å². The Hall–Kier alpha value is -2.67. The van der Waals surface area contributed by atoms with Gasteiger partial charge in [0, 0.05) is 18.2 Å². The van der Waals surface area contributed by atoms with Gasteiger partial charge in [-0.05, 0) is 58.4 Å². The molecule has 25 heavy (non-hydrogen) atoms. The van der Waals surface area contributed by atoms with Crippen LogP contribution in [0.15, 0.2) is 46.9 Å². The fourth-order valence-electron chi connectivity index (χ4n) is 2.03. The van der Waals surface area contributed by atoms with Crippen LogP contribution < -0.4 is 10.1 Å². The predicted molar refractivity (Wildman–Crippen MR) is 96.1 cm³/mol. The van der Waals surface area contributed by atoms with Crippen molar-refractivity contribution in [2.24, 2.45) is 0 Å². The van der Waals surface area contributed by atoms with Gasteiger partial charge in [0.2, 0.25) is 5.91 Å². The molecule has 0 bridgehead atoms. The van der Waals surface area contributed by atoms with Crippen molar-refractivity contribution in [3.8, 4) is 5.75 Å². The van der Waals surface area contributed by atoms with Gasteiger partial charge in [0.05, 0.1) is 17.1 Å². The van der Waals surface area contributed by atoms with Crippen LogP contribution in [-0.2, 0) is 9.53 Å². The number of carbonyl (C=O) groups is 3. The number of nitrogens with one attached hydrogen (secondary N) is 1. The van der Waals surface area contributed by atoms with Crippen molar-refractivity contribution in [2.75, 3.05) is 19.0 Å². The number of ketones is 1. The van der Waals surface area contributed by atoms with E-state index in [0.29, 0.717) is 27.0 Å². The van der Waals surface area contributed by atoms with E-state index in [-0.39, 0.29) is 18.3 Å². The lowest BCUT2D eigenvalue weighted by molar-refractivity contribution is -0.114. The zero-order chi connectivity index (χ0) is 18.4. The van der Waals surface area contributed by atoms with Gasteiger partial charge in [-0.2, -0.15) is 0 Å². The van der Waals surface area contributed by atoms with E-state index in [1.807, 2.05) is 0 Å². The maximum atomic E-state index is 12.1. The molecule has 130 valence electrons. The first-order valence-electron chi connectivity index (χ1n) is 7.32. The van der Waals surface area contributed by atoms with Crippen molar-refractivity contribution < 1.29 is 23.9 Å². The van der Waals surface area contributed by atoms with Gasteiger partial charge in [-0.15, -0.1) is 0 Å². The molecule has 2 rings (SSSR count). The number of benzene rings is 2. The Morgan fingerprint density at radius 1 is 1.04 bits per heavy atom. The topological polar surface area (TPSA) is 81.7 Å². The zero-order valence-electron chi connectivity index (χ0n) is 13.7. The van der Waals surface area contributed by atoms with Crippen LogP contribution >= 0.6 is 15.9 Å². The molecule has 2 aromatic carbocycles. The van der Waals surface area contributed by atoms with Crippen LogP contribution in [0.2, 0.25) is 0 Å². The Morgan fingerprint density at radius 2 is 1.68 bits per heavy atom. The molecule has 6 nitrogen and oxygen atoms in total. The monoisotopic (exact) mass is 405 g/mol. The maximum Gasteiger partial charge on any atom is 0.338 e. The Morgan fingerprint density at radius 3 is 2.24 bits per heavy atom. The summed E-state index contributed by atoms with van der Waals surface area (Å²) in [5.74, 6) is -0.549. The molecule has 0 aliphatic carbocycles. The van der Waals surface area contributed by atoms with E-state index in [2.05, 4.69) is 21.2 Å². The van der Waals surface area contributed by atoms with Crippen LogP contribution in [-0.4, -0.2) is 31.4 Å². The highest BCUT2D eigenvalue weighted by atomic mass is 79.9. The number of ether oxygens (including phenoxy) is 2. The highest BCUT2D eigenvalue weighted by molar-refractivity contribution is 9.10. The van der Waals surface area contributed by atoms with Gasteiger partial charge in [-0.25, -0.2) is 4.79 Å². The van der Waals surface area contributed by atoms with Crippen LogP contribution in [0.5, 0.6) is 5.75 Å². The fourth-order valence-corrected chi connectivity index (χ4v) is 2.57. The lowest BCUT2D eigenvalue weighted by Gasteiger charge is -2.07. The molecule has 0 aliphatic rings. The third kappa shape index (κ3) is 5.15. The Kier molecular flexibility index (Phi) is 6.30. The molecule has 0 aliphatic heterocycles. The zero-order valence-corrected chi connectivity index (χ0v) is 15.3. The average Bonchev–Trinajstić information content (AvgIpc) is 2.59. The first-order chi connectivity index (χ1) is 11.9. The first-order valence-corrected chi connectivity index (χ1v) is 8.11. The molecular weight excluding hydrogens is 390 g/mol. The second-order valence-electron chi connectivity index (χ2n) is 5.11. The predicted octanol–water partition coefficient (Wildman–Crippen LogP) is 3.46. The SMILES string of the molecule is COc1ccc(C(=O)OCC(=O)c2ccc(NC(C)=O)cc2)cc1Br. The van der Waals surface area contributed by atoms with E-state index in [1.165, 1.54) is 14.0 Å². The Balaban J connectivity index is 1.96. The van der Waals surface area contributed by atoms with Gasteiger partial charge in [-0.3, -0.25) is 9.59 Å². The third-order valence-corrected chi connectivity index (χ3v) is 3.87. The van der Waals surface area contributed by atoms with E-state index in [0.717, 1.165) is 0 Å². The second-order valence-corrected chi connectivity index (χ2v) is 5.96. The highest BCUT2D eigenvalue weighted by Crippen LogP contribution is 2.25. The van der Waals surface area contributed by atoms with E-state index >= 15 is 0 Å². The second kappa shape index (κ2) is 8.43.